The number of amides is 2. The van der Waals surface area contributed by atoms with Crippen LogP contribution in [0.5, 0.6) is 0 Å². The molecular formula is C10H21N3O2. The van der Waals surface area contributed by atoms with Crippen LogP contribution in [0.2, 0.25) is 0 Å². The lowest BCUT2D eigenvalue weighted by molar-refractivity contribution is -0.134. The quantitative estimate of drug-likeness (QED) is 0.573. The largest absolute Gasteiger partial charge is 0.357 e. The van der Waals surface area contributed by atoms with Gasteiger partial charge in [-0.1, -0.05) is 0 Å². The minimum Gasteiger partial charge on any atom is -0.357 e. The molecule has 0 unspecified atom stereocenters. The van der Waals surface area contributed by atoms with Gasteiger partial charge in [0.05, 0.1) is 0 Å². The zero-order valence-electron chi connectivity index (χ0n) is 9.69. The monoisotopic (exact) mass is 215 g/mol. The second-order valence-electron chi connectivity index (χ2n) is 3.71. The van der Waals surface area contributed by atoms with Gasteiger partial charge in [-0.05, 0) is 33.2 Å². The third-order valence-electron chi connectivity index (χ3n) is 2.31. The van der Waals surface area contributed by atoms with Crippen molar-refractivity contribution in [3.8, 4) is 0 Å². The predicted molar refractivity (Wildman–Crippen MR) is 59.2 cm³/mol. The minimum atomic E-state index is -0.406. The van der Waals surface area contributed by atoms with Crippen molar-refractivity contribution in [1.82, 2.24) is 10.2 Å². The average molecular weight is 215 g/mol. The number of hydrogen-bond acceptors (Lipinski definition) is 3. The summed E-state index contributed by atoms with van der Waals surface area (Å²) >= 11 is 0. The van der Waals surface area contributed by atoms with Gasteiger partial charge in [-0.2, -0.15) is 0 Å². The van der Waals surface area contributed by atoms with Crippen molar-refractivity contribution in [2.75, 3.05) is 13.6 Å². The Kier molecular flexibility index (Phi) is 6.70. The second-order valence-corrected chi connectivity index (χ2v) is 3.71. The van der Waals surface area contributed by atoms with Crippen LogP contribution in [0.4, 0.5) is 0 Å². The van der Waals surface area contributed by atoms with E-state index >= 15 is 0 Å². The van der Waals surface area contributed by atoms with E-state index in [0.29, 0.717) is 13.0 Å². The molecule has 0 aliphatic carbocycles. The normalized spacial score (nSPS) is 12.3. The Morgan fingerprint density at radius 3 is 2.47 bits per heavy atom. The third-order valence-corrected chi connectivity index (χ3v) is 2.31. The third kappa shape index (κ3) is 4.29. The van der Waals surface area contributed by atoms with E-state index < -0.39 is 6.04 Å². The van der Waals surface area contributed by atoms with E-state index in [9.17, 15) is 9.59 Å². The number of carbonyl (C=O) groups excluding carboxylic acids is 2. The number of nitrogens with zero attached hydrogens (tertiary/aromatic N) is 1. The summed E-state index contributed by atoms with van der Waals surface area (Å²) in [6, 6.07) is -0.390. The van der Waals surface area contributed by atoms with E-state index in [2.05, 4.69) is 5.32 Å². The molecule has 0 aromatic carbocycles. The van der Waals surface area contributed by atoms with Gasteiger partial charge in [0, 0.05) is 13.1 Å². The number of nitrogens with one attached hydrogen (secondary N) is 1. The average Bonchev–Trinajstić information content (AvgIpc) is 2.22. The maximum absolute atomic E-state index is 11.6. The first-order valence-corrected chi connectivity index (χ1v) is 5.22. The Labute approximate surface area is 91.0 Å². The zero-order valence-corrected chi connectivity index (χ0v) is 9.69. The van der Waals surface area contributed by atoms with Crippen LogP contribution in [0, 0.1) is 0 Å². The molecule has 0 fully saturated rings. The van der Waals surface area contributed by atoms with Crippen LogP contribution >= 0.6 is 0 Å². The molecule has 0 saturated carbocycles. The van der Waals surface area contributed by atoms with Crippen molar-refractivity contribution in [1.29, 1.82) is 0 Å². The SMILES string of the molecule is CNC(=O)[C@H](CCCN)N(C=O)C(C)C. The summed E-state index contributed by atoms with van der Waals surface area (Å²) < 4.78 is 0. The van der Waals surface area contributed by atoms with E-state index in [1.165, 1.54) is 4.90 Å². The molecular weight excluding hydrogens is 194 g/mol. The van der Waals surface area contributed by atoms with Gasteiger partial charge < -0.3 is 16.0 Å². The molecule has 0 aromatic heterocycles. The first-order valence-electron chi connectivity index (χ1n) is 5.22. The van der Waals surface area contributed by atoms with Gasteiger partial charge in [-0.25, -0.2) is 0 Å². The van der Waals surface area contributed by atoms with Gasteiger partial charge in [0.25, 0.3) is 0 Å². The van der Waals surface area contributed by atoms with Crippen LogP contribution in [0.1, 0.15) is 26.7 Å². The highest BCUT2D eigenvalue weighted by atomic mass is 16.2. The van der Waals surface area contributed by atoms with Crippen LogP contribution in [0.15, 0.2) is 0 Å². The first kappa shape index (κ1) is 13.9. The molecule has 15 heavy (non-hydrogen) atoms. The Morgan fingerprint density at radius 1 is 1.53 bits per heavy atom. The van der Waals surface area contributed by atoms with Gasteiger partial charge in [0.2, 0.25) is 12.3 Å². The molecule has 3 N–H and O–H groups in total. The van der Waals surface area contributed by atoms with Gasteiger partial charge in [0.15, 0.2) is 0 Å². The molecule has 0 heterocycles. The van der Waals surface area contributed by atoms with Crippen LogP contribution in [-0.2, 0) is 9.59 Å². The summed E-state index contributed by atoms with van der Waals surface area (Å²) in [6.07, 6.45) is 2.06. The highest BCUT2D eigenvalue weighted by Gasteiger charge is 2.25. The maximum Gasteiger partial charge on any atom is 0.242 e. The number of rotatable bonds is 7. The van der Waals surface area contributed by atoms with E-state index in [-0.39, 0.29) is 11.9 Å². The van der Waals surface area contributed by atoms with Crippen LogP contribution < -0.4 is 11.1 Å². The number of carbonyl (C=O) groups is 2. The van der Waals surface area contributed by atoms with Crippen molar-refractivity contribution >= 4 is 12.3 Å². The fourth-order valence-electron chi connectivity index (χ4n) is 1.45. The molecule has 0 bridgehead atoms. The Hall–Kier alpha value is -1.10. The highest BCUT2D eigenvalue weighted by molar-refractivity contribution is 5.83. The van der Waals surface area contributed by atoms with E-state index in [0.717, 1.165) is 12.8 Å². The lowest BCUT2D eigenvalue weighted by Crippen LogP contribution is -2.48. The van der Waals surface area contributed by atoms with E-state index in [1.54, 1.807) is 7.05 Å². The first-order chi connectivity index (χ1) is 7.08. The number of likely N-dealkylation sites (N-methyl/N-ethyl adjacent to an activating group) is 1. The van der Waals surface area contributed by atoms with Crippen LogP contribution in [0.3, 0.4) is 0 Å². The lowest BCUT2D eigenvalue weighted by Gasteiger charge is -2.30. The van der Waals surface area contributed by atoms with Crippen molar-refractivity contribution in [2.24, 2.45) is 5.73 Å². The fourth-order valence-corrected chi connectivity index (χ4v) is 1.45. The van der Waals surface area contributed by atoms with E-state index in [4.69, 9.17) is 5.73 Å². The van der Waals surface area contributed by atoms with Crippen LogP contribution in [-0.4, -0.2) is 42.9 Å². The summed E-state index contributed by atoms with van der Waals surface area (Å²) in [6.45, 7) is 4.29. The molecule has 0 spiro atoms. The Morgan fingerprint density at radius 2 is 2.13 bits per heavy atom. The highest BCUT2D eigenvalue weighted by Crippen LogP contribution is 2.09. The van der Waals surface area contributed by atoms with Crippen molar-refractivity contribution in [3.05, 3.63) is 0 Å². The number of nitrogens with two attached hydrogens (primary N) is 1. The van der Waals surface area contributed by atoms with Crippen LogP contribution in [0.25, 0.3) is 0 Å². The lowest BCUT2D eigenvalue weighted by atomic mass is 10.1. The van der Waals surface area contributed by atoms with Gasteiger partial charge >= 0.3 is 0 Å². The molecule has 2 amide bonds. The summed E-state index contributed by atoms with van der Waals surface area (Å²) in [5.41, 5.74) is 5.40. The fraction of sp³-hybridized carbons (Fsp3) is 0.800. The molecule has 0 aliphatic heterocycles. The molecule has 0 radical (unpaired) electrons. The van der Waals surface area contributed by atoms with Crippen molar-refractivity contribution in [3.63, 3.8) is 0 Å². The molecule has 5 heteroatoms. The topological polar surface area (TPSA) is 75.4 Å². The second kappa shape index (κ2) is 7.23. The number of hydrogen-bond donors (Lipinski definition) is 2. The van der Waals surface area contributed by atoms with Crippen molar-refractivity contribution < 1.29 is 9.59 Å². The van der Waals surface area contributed by atoms with Gasteiger partial charge in [0.1, 0.15) is 6.04 Å². The van der Waals surface area contributed by atoms with Gasteiger partial charge in [-0.15, -0.1) is 0 Å². The Bertz CT molecular complexity index is 207. The molecule has 0 aliphatic rings. The van der Waals surface area contributed by atoms with Crippen molar-refractivity contribution in [2.45, 2.75) is 38.8 Å². The van der Waals surface area contributed by atoms with Gasteiger partial charge in [-0.3, -0.25) is 9.59 Å². The smallest absolute Gasteiger partial charge is 0.242 e. The molecule has 5 nitrogen and oxygen atoms in total. The van der Waals surface area contributed by atoms with E-state index in [1.807, 2.05) is 13.8 Å². The molecule has 0 saturated heterocycles. The maximum atomic E-state index is 11.6. The molecule has 1 atom stereocenters. The Balaban J connectivity index is 4.57. The zero-order chi connectivity index (χ0) is 11.8. The standard InChI is InChI=1S/C10H21N3O2/c1-8(2)13(7-14)9(5-4-6-11)10(15)12-3/h7-9H,4-6,11H2,1-3H3,(H,12,15)/t9-/m0/s1. The molecule has 0 rings (SSSR count). The molecule has 0 aromatic rings. The summed E-state index contributed by atoms with van der Waals surface area (Å²) in [4.78, 5) is 24.0. The minimum absolute atomic E-state index is 0.0163. The summed E-state index contributed by atoms with van der Waals surface area (Å²) in [5, 5.41) is 2.56. The summed E-state index contributed by atoms with van der Waals surface area (Å²) in [7, 11) is 1.57. The summed E-state index contributed by atoms with van der Waals surface area (Å²) in [5.74, 6) is -0.135. The predicted octanol–water partition coefficient (Wildman–Crippen LogP) is -0.293. The molecule has 88 valence electrons.